The first kappa shape index (κ1) is 11.2. The lowest BCUT2D eigenvalue weighted by Crippen LogP contribution is -1.94. The van der Waals surface area contributed by atoms with Crippen molar-refractivity contribution in [2.24, 2.45) is 4.99 Å². The molecule has 0 bridgehead atoms. The molecule has 0 saturated heterocycles. The summed E-state index contributed by atoms with van der Waals surface area (Å²) in [6.07, 6.45) is 4.45. The molecule has 0 saturated carbocycles. The molecule has 1 aromatic rings. The molecule has 0 atom stereocenters. The van der Waals surface area contributed by atoms with Crippen molar-refractivity contribution in [1.82, 2.24) is 0 Å². The van der Waals surface area contributed by atoms with E-state index in [0.29, 0.717) is 0 Å². The first-order valence-electron chi connectivity index (χ1n) is 6.33. The molecule has 0 N–H and O–H groups in total. The van der Waals surface area contributed by atoms with E-state index >= 15 is 0 Å². The molecular weight excluding hydrogens is 218 g/mol. The van der Waals surface area contributed by atoms with Gasteiger partial charge >= 0.3 is 0 Å². The number of aryl methyl sites for hydroxylation is 2. The van der Waals surface area contributed by atoms with Crippen LogP contribution in [-0.2, 0) is 0 Å². The fourth-order valence-corrected chi connectivity index (χ4v) is 2.78. The summed E-state index contributed by atoms with van der Waals surface area (Å²) in [6.45, 7) is 8.50. The number of rotatable bonds is 1. The highest BCUT2D eigenvalue weighted by atomic mass is 14.8. The smallest absolute Gasteiger partial charge is 0.0741 e. The lowest BCUT2D eigenvalue weighted by molar-refractivity contribution is 1.33. The molecule has 1 heterocycles. The van der Waals surface area contributed by atoms with Gasteiger partial charge in [0, 0.05) is 11.3 Å². The average molecular weight is 235 g/mol. The molecule has 1 aliphatic carbocycles. The summed E-state index contributed by atoms with van der Waals surface area (Å²) in [7, 11) is 0. The summed E-state index contributed by atoms with van der Waals surface area (Å²) in [4.78, 5) is 4.60. The highest BCUT2D eigenvalue weighted by Crippen LogP contribution is 2.36. The normalized spacial score (nSPS) is 17.7. The largest absolute Gasteiger partial charge is 0.253 e. The van der Waals surface area contributed by atoms with Crippen LogP contribution in [0.2, 0.25) is 0 Å². The number of nitrogens with zero attached hydrogens (tertiary/aromatic N) is 1. The van der Waals surface area contributed by atoms with Gasteiger partial charge in [-0.2, -0.15) is 0 Å². The molecule has 18 heavy (non-hydrogen) atoms. The number of fused-ring (bicyclic) bond motifs is 1. The van der Waals surface area contributed by atoms with Crippen molar-refractivity contribution in [2.75, 3.05) is 0 Å². The van der Waals surface area contributed by atoms with Crippen molar-refractivity contribution in [3.05, 3.63) is 63.9 Å². The first-order chi connectivity index (χ1) is 8.54. The first-order valence-corrected chi connectivity index (χ1v) is 6.33. The van der Waals surface area contributed by atoms with Crippen molar-refractivity contribution < 1.29 is 0 Å². The molecule has 3 rings (SSSR count). The summed E-state index contributed by atoms with van der Waals surface area (Å²) in [5, 5.41) is 0. The highest BCUT2D eigenvalue weighted by molar-refractivity contribution is 6.25. The van der Waals surface area contributed by atoms with E-state index < -0.39 is 0 Å². The summed E-state index contributed by atoms with van der Waals surface area (Å²) >= 11 is 0. The van der Waals surface area contributed by atoms with Crippen LogP contribution >= 0.6 is 0 Å². The predicted octanol–water partition coefficient (Wildman–Crippen LogP) is 4.38. The van der Waals surface area contributed by atoms with Crippen LogP contribution in [-0.4, -0.2) is 5.71 Å². The topological polar surface area (TPSA) is 12.4 Å². The Morgan fingerprint density at radius 3 is 2.11 bits per heavy atom. The average Bonchev–Trinajstić information content (AvgIpc) is 2.77. The third-order valence-electron chi connectivity index (χ3n) is 3.45. The predicted molar refractivity (Wildman–Crippen MR) is 77.8 cm³/mol. The Morgan fingerprint density at radius 1 is 0.778 bits per heavy atom. The molecule has 2 aliphatic rings. The molecular formula is C17H17N. The van der Waals surface area contributed by atoms with Crippen LogP contribution in [0.15, 0.2) is 52.2 Å². The van der Waals surface area contributed by atoms with E-state index in [1.165, 1.54) is 33.4 Å². The molecule has 1 aliphatic heterocycles. The third kappa shape index (κ3) is 1.67. The number of benzene rings is 1. The monoisotopic (exact) mass is 235 g/mol. The summed E-state index contributed by atoms with van der Waals surface area (Å²) in [5.41, 5.74) is 10.1. The van der Waals surface area contributed by atoms with Gasteiger partial charge in [-0.1, -0.05) is 29.3 Å². The van der Waals surface area contributed by atoms with Crippen LogP contribution < -0.4 is 0 Å². The van der Waals surface area contributed by atoms with Gasteiger partial charge in [0.15, 0.2) is 0 Å². The number of hydrogen-bond acceptors (Lipinski definition) is 1. The number of allylic oxidation sites excluding steroid dienone is 6. The summed E-state index contributed by atoms with van der Waals surface area (Å²) < 4.78 is 0. The van der Waals surface area contributed by atoms with Gasteiger partial charge in [-0.25, -0.2) is 0 Å². The third-order valence-corrected chi connectivity index (χ3v) is 3.45. The van der Waals surface area contributed by atoms with Crippen molar-refractivity contribution >= 4 is 11.3 Å². The second kappa shape index (κ2) is 3.81. The fourth-order valence-electron chi connectivity index (χ4n) is 2.78. The van der Waals surface area contributed by atoms with E-state index in [0.717, 1.165) is 11.4 Å². The number of aliphatic imine (C=N–C) groups is 1. The Kier molecular flexibility index (Phi) is 2.37. The van der Waals surface area contributed by atoms with Crippen molar-refractivity contribution in [3.8, 4) is 0 Å². The molecule has 0 radical (unpaired) electrons. The van der Waals surface area contributed by atoms with Crippen molar-refractivity contribution in [2.45, 2.75) is 27.7 Å². The molecule has 0 spiro atoms. The maximum atomic E-state index is 4.60. The van der Waals surface area contributed by atoms with Crippen LogP contribution in [0.25, 0.3) is 5.57 Å². The maximum Gasteiger partial charge on any atom is 0.0741 e. The van der Waals surface area contributed by atoms with Crippen molar-refractivity contribution in [1.29, 1.82) is 0 Å². The minimum Gasteiger partial charge on any atom is -0.253 e. The van der Waals surface area contributed by atoms with Crippen LogP contribution in [0, 0.1) is 13.8 Å². The Bertz CT molecular complexity index is 647. The fraction of sp³-hybridized carbons (Fsp3) is 0.235. The van der Waals surface area contributed by atoms with Gasteiger partial charge in [-0.3, -0.25) is 4.99 Å². The molecule has 90 valence electrons. The Labute approximate surface area is 108 Å². The second-order valence-corrected chi connectivity index (χ2v) is 5.28. The van der Waals surface area contributed by atoms with Gasteiger partial charge in [-0.15, -0.1) is 0 Å². The maximum absolute atomic E-state index is 4.60. The molecule has 1 aromatic carbocycles. The van der Waals surface area contributed by atoms with E-state index in [4.69, 9.17) is 0 Å². The van der Waals surface area contributed by atoms with E-state index in [-0.39, 0.29) is 0 Å². The van der Waals surface area contributed by atoms with Crippen LogP contribution in [0.3, 0.4) is 0 Å². The van der Waals surface area contributed by atoms with Crippen molar-refractivity contribution in [3.63, 3.8) is 0 Å². The van der Waals surface area contributed by atoms with Gasteiger partial charge < -0.3 is 0 Å². The van der Waals surface area contributed by atoms with Gasteiger partial charge in [0.25, 0.3) is 0 Å². The standard InChI is InChI=1S/C17H17N/c1-10-5-11(2)7-14(6-10)15-8-12(3)17-16(15)9-13(4)18-17/h5-9H,1-4H3. The molecule has 0 amide bonds. The summed E-state index contributed by atoms with van der Waals surface area (Å²) in [6, 6.07) is 6.72. The molecule has 1 nitrogen and oxygen atoms in total. The highest BCUT2D eigenvalue weighted by Gasteiger charge is 2.23. The van der Waals surface area contributed by atoms with Gasteiger partial charge in [0.1, 0.15) is 0 Å². The van der Waals surface area contributed by atoms with E-state index in [9.17, 15) is 0 Å². The van der Waals surface area contributed by atoms with Crippen LogP contribution in [0.5, 0.6) is 0 Å². The minimum absolute atomic E-state index is 1.11. The molecule has 0 fully saturated rings. The zero-order valence-corrected chi connectivity index (χ0v) is 11.3. The quantitative estimate of drug-likeness (QED) is 0.685. The SMILES string of the molecule is CC1=CC2=C(c3cc(C)cc(C)c3)C=C(C)C2=N1. The van der Waals surface area contributed by atoms with E-state index in [1.54, 1.807) is 0 Å². The zero-order chi connectivity index (χ0) is 12.9. The molecule has 1 heteroatoms. The van der Waals surface area contributed by atoms with Crippen LogP contribution in [0.4, 0.5) is 0 Å². The number of hydrogen-bond donors (Lipinski definition) is 0. The Morgan fingerprint density at radius 2 is 1.44 bits per heavy atom. The molecule has 0 unspecified atom stereocenters. The Balaban J connectivity index is 2.21. The van der Waals surface area contributed by atoms with Gasteiger partial charge in [-0.05, 0) is 56.6 Å². The molecule has 0 aromatic heterocycles. The van der Waals surface area contributed by atoms with Gasteiger partial charge in [0.05, 0.1) is 5.71 Å². The van der Waals surface area contributed by atoms with Gasteiger partial charge in [0.2, 0.25) is 0 Å². The summed E-state index contributed by atoms with van der Waals surface area (Å²) in [5.74, 6) is 0. The van der Waals surface area contributed by atoms with E-state index in [1.807, 2.05) is 0 Å². The minimum atomic E-state index is 1.11. The lowest BCUT2D eigenvalue weighted by atomic mass is 9.98. The Hall–Kier alpha value is -1.89. The van der Waals surface area contributed by atoms with E-state index in [2.05, 4.69) is 63.0 Å². The second-order valence-electron chi connectivity index (χ2n) is 5.28. The zero-order valence-electron chi connectivity index (χ0n) is 11.3. The lowest BCUT2D eigenvalue weighted by Gasteiger charge is -2.06. The van der Waals surface area contributed by atoms with Crippen LogP contribution in [0.1, 0.15) is 30.5 Å².